The smallest absolute Gasteiger partial charge is 0.128 e. The summed E-state index contributed by atoms with van der Waals surface area (Å²) in [6.45, 7) is 1.58. The fraction of sp³-hybridized carbons (Fsp3) is 0.211. The van der Waals surface area contributed by atoms with Crippen LogP contribution < -0.4 is 5.32 Å². The zero-order valence-corrected chi connectivity index (χ0v) is 15.4. The van der Waals surface area contributed by atoms with E-state index in [1.807, 2.05) is 6.07 Å². The maximum atomic E-state index is 14.4. The third kappa shape index (κ3) is 2.98. The summed E-state index contributed by atoms with van der Waals surface area (Å²) in [5.74, 6) is 0.667. The van der Waals surface area contributed by atoms with Crippen LogP contribution in [-0.4, -0.2) is 18.9 Å². The Kier molecular flexibility index (Phi) is 4.37. The van der Waals surface area contributed by atoms with E-state index in [-0.39, 0.29) is 5.82 Å². The summed E-state index contributed by atoms with van der Waals surface area (Å²) in [5.41, 5.74) is 2.88. The Morgan fingerprint density at radius 2 is 2.12 bits per heavy atom. The standard InChI is InChI=1S/C19H16BrFN2S/c20-13-10-12(14-6-9-24-18(14)11-13)4-5-15-16(2-1-3-17(15)21)19-22-7-8-23-19/h1-3,6,9-11H,4-5,7-8H2,(H,22,23). The highest BCUT2D eigenvalue weighted by molar-refractivity contribution is 9.10. The van der Waals surface area contributed by atoms with Gasteiger partial charge in [-0.2, -0.15) is 0 Å². The Labute approximate surface area is 152 Å². The molecule has 2 heterocycles. The molecule has 0 amide bonds. The van der Waals surface area contributed by atoms with E-state index in [2.05, 4.69) is 49.8 Å². The van der Waals surface area contributed by atoms with Gasteiger partial charge in [-0.3, -0.25) is 4.99 Å². The summed E-state index contributed by atoms with van der Waals surface area (Å²) in [5, 5.41) is 6.62. The number of hydrogen-bond donors (Lipinski definition) is 1. The molecule has 4 rings (SSSR count). The SMILES string of the molecule is Fc1cccc(C2=NCCN2)c1CCc1cc(Br)cc2sccc12. The summed E-state index contributed by atoms with van der Waals surface area (Å²) >= 11 is 5.31. The molecule has 0 bridgehead atoms. The number of aliphatic imine (C=N–C) groups is 1. The number of benzene rings is 2. The Balaban J connectivity index is 1.67. The minimum atomic E-state index is -0.152. The van der Waals surface area contributed by atoms with Crippen LogP contribution in [0.2, 0.25) is 0 Å². The lowest BCUT2D eigenvalue weighted by Gasteiger charge is -2.12. The summed E-state index contributed by atoms with van der Waals surface area (Å²) < 4.78 is 16.8. The van der Waals surface area contributed by atoms with Crippen LogP contribution in [0.1, 0.15) is 16.7 Å². The van der Waals surface area contributed by atoms with Gasteiger partial charge >= 0.3 is 0 Å². The van der Waals surface area contributed by atoms with Crippen molar-refractivity contribution < 1.29 is 4.39 Å². The number of hydrogen-bond acceptors (Lipinski definition) is 3. The van der Waals surface area contributed by atoms with E-state index in [4.69, 9.17) is 0 Å². The Bertz CT molecular complexity index is 932. The summed E-state index contributed by atoms with van der Waals surface area (Å²) in [6.07, 6.45) is 1.46. The Morgan fingerprint density at radius 1 is 1.21 bits per heavy atom. The zero-order valence-electron chi connectivity index (χ0n) is 13.0. The third-order valence-electron chi connectivity index (χ3n) is 4.31. The van der Waals surface area contributed by atoms with Crippen molar-refractivity contribution in [1.82, 2.24) is 5.32 Å². The first kappa shape index (κ1) is 15.8. The molecule has 5 heteroatoms. The fourth-order valence-corrected chi connectivity index (χ4v) is 4.72. The zero-order chi connectivity index (χ0) is 16.5. The van der Waals surface area contributed by atoms with Crippen molar-refractivity contribution in [2.24, 2.45) is 4.99 Å². The number of thiophene rings is 1. The second kappa shape index (κ2) is 6.65. The number of nitrogens with zero attached hydrogens (tertiary/aromatic N) is 1. The van der Waals surface area contributed by atoms with E-state index >= 15 is 0 Å². The average molecular weight is 403 g/mol. The molecule has 1 aromatic heterocycles. The maximum Gasteiger partial charge on any atom is 0.128 e. The van der Waals surface area contributed by atoms with E-state index in [0.717, 1.165) is 40.9 Å². The second-order valence-corrected chi connectivity index (χ2v) is 7.68. The molecule has 122 valence electrons. The quantitative estimate of drug-likeness (QED) is 0.656. The monoisotopic (exact) mass is 402 g/mol. The highest BCUT2D eigenvalue weighted by Gasteiger charge is 2.16. The van der Waals surface area contributed by atoms with Gasteiger partial charge in [0.25, 0.3) is 0 Å². The van der Waals surface area contributed by atoms with Crippen molar-refractivity contribution in [2.45, 2.75) is 12.8 Å². The number of aryl methyl sites for hydroxylation is 1. The number of nitrogens with one attached hydrogen (secondary N) is 1. The summed E-state index contributed by atoms with van der Waals surface area (Å²) in [4.78, 5) is 4.45. The third-order valence-corrected chi connectivity index (χ3v) is 5.64. The molecule has 0 saturated heterocycles. The van der Waals surface area contributed by atoms with Gasteiger partial charge in [0.15, 0.2) is 0 Å². The second-order valence-electron chi connectivity index (χ2n) is 5.82. The van der Waals surface area contributed by atoms with Gasteiger partial charge in [0.05, 0.1) is 6.54 Å². The minimum absolute atomic E-state index is 0.152. The van der Waals surface area contributed by atoms with E-state index in [1.165, 1.54) is 21.7 Å². The molecule has 1 aliphatic rings. The van der Waals surface area contributed by atoms with Crippen LogP contribution in [0.15, 0.2) is 51.2 Å². The van der Waals surface area contributed by atoms with Gasteiger partial charge in [-0.15, -0.1) is 11.3 Å². The Morgan fingerprint density at radius 3 is 2.96 bits per heavy atom. The van der Waals surface area contributed by atoms with E-state index in [0.29, 0.717) is 6.42 Å². The van der Waals surface area contributed by atoms with Gasteiger partial charge in [-0.1, -0.05) is 28.1 Å². The fourth-order valence-electron chi connectivity index (χ4n) is 3.19. The molecule has 0 radical (unpaired) electrons. The molecule has 0 spiro atoms. The van der Waals surface area contributed by atoms with E-state index < -0.39 is 0 Å². The number of halogens is 2. The number of amidine groups is 1. The highest BCUT2D eigenvalue weighted by atomic mass is 79.9. The first-order chi connectivity index (χ1) is 11.7. The first-order valence-corrected chi connectivity index (χ1v) is 9.61. The molecule has 0 fully saturated rings. The van der Waals surface area contributed by atoms with Crippen molar-refractivity contribution in [3.63, 3.8) is 0 Å². The van der Waals surface area contributed by atoms with Crippen LogP contribution >= 0.6 is 27.3 Å². The van der Waals surface area contributed by atoms with Crippen LogP contribution in [0.4, 0.5) is 4.39 Å². The lowest BCUT2D eigenvalue weighted by atomic mass is 9.97. The molecule has 3 aromatic rings. The predicted octanol–water partition coefficient (Wildman–Crippen LogP) is 4.94. The van der Waals surface area contributed by atoms with Crippen molar-refractivity contribution in [3.8, 4) is 0 Å². The maximum absolute atomic E-state index is 14.4. The molecule has 0 aliphatic carbocycles. The van der Waals surface area contributed by atoms with Gasteiger partial charge < -0.3 is 5.32 Å². The summed E-state index contributed by atoms with van der Waals surface area (Å²) in [7, 11) is 0. The molecule has 24 heavy (non-hydrogen) atoms. The van der Waals surface area contributed by atoms with Crippen LogP contribution in [0, 0.1) is 5.82 Å². The molecule has 1 aliphatic heterocycles. The van der Waals surface area contributed by atoms with Crippen LogP contribution in [0.25, 0.3) is 10.1 Å². The topological polar surface area (TPSA) is 24.4 Å². The van der Waals surface area contributed by atoms with Gasteiger partial charge in [0.1, 0.15) is 11.7 Å². The lowest BCUT2D eigenvalue weighted by Crippen LogP contribution is -2.21. The van der Waals surface area contributed by atoms with Gasteiger partial charge in [0.2, 0.25) is 0 Å². The van der Waals surface area contributed by atoms with Gasteiger partial charge in [-0.05, 0) is 59.0 Å². The molecule has 1 N–H and O–H groups in total. The first-order valence-electron chi connectivity index (χ1n) is 7.94. The van der Waals surface area contributed by atoms with Crippen LogP contribution in [0.5, 0.6) is 0 Å². The van der Waals surface area contributed by atoms with Gasteiger partial charge in [0, 0.05) is 21.3 Å². The largest absolute Gasteiger partial charge is 0.368 e. The van der Waals surface area contributed by atoms with E-state index in [1.54, 1.807) is 17.4 Å². The Hall–Kier alpha value is -1.72. The minimum Gasteiger partial charge on any atom is -0.368 e. The molecular weight excluding hydrogens is 387 g/mol. The number of fused-ring (bicyclic) bond motifs is 1. The molecule has 0 unspecified atom stereocenters. The average Bonchev–Trinajstić information content (AvgIpc) is 3.24. The predicted molar refractivity (Wildman–Crippen MR) is 103 cm³/mol. The summed E-state index contributed by atoms with van der Waals surface area (Å²) in [6, 6.07) is 11.7. The lowest BCUT2D eigenvalue weighted by molar-refractivity contribution is 0.608. The molecule has 0 atom stereocenters. The van der Waals surface area contributed by atoms with Crippen molar-refractivity contribution in [1.29, 1.82) is 0 Å². The molecule has 2 aromatic carbocycles. The molecule has 0 saturated carbocycles. The van der Waals surface area contributed by atoms with Gasteiger partial charge in [-0.25, -0.2) is 4.39 Å². The highest BCUT2D eigenvalue weighted by Crippen LogP contribution is 2.30. The number of rotatable bonds is 4. The van der Waals surface area contributed by atoms with Crippen LogP contribution in [-0.2, 0) is 12.8 Å². The van der Waals surface area contributed by atoms with Crippen molar-refractivity contribution in [2.75, 3.05) is 13.1 Å². The van der Waals surface area contributed by atoms with Crippen LogP contribution in [0.3, 0.4) is 0 Å². The van der Waals surface area contributed by atoms with Crippen molar-refractivity contribution in [3.05, 3.63) is 68.8 Å². The molecule has 2 nitrogen and oxygen atoms in total. The molecular formula is C19H16BrFN2S. The van der Waals surface area contributed by atoms with E-state index in [9.17, 15) is 4.39 Å². The van der Waals surface area contributed by atoms with Crippen molar-refractivity contribution >= 4 is 43.2 Å². The normalized spacial score (nSPS) is 14.0.